The maximum Gasteiger partial charge on any atom is 0.0989 e. The lowest BCUT2D eigenvalue weighted by molar-refractivity contribution is 0.488. The first-order chi connectivity index (χ1) is 10.8. The van der Waals surface area contributed by atoms with Crippen molar-refractivity contribution in [2.45, 2.75) is 70.2 Å². The molecule has 1 aliphatic carbocycles. The monoisotopic (exact) mass is 323 g/mol. The van der Waals surface area contributed by atoms with Crippen molar-refractivity contribution in [3.63, 3.8) is 0 Å². The van der Waals surface area contributed by atoms with Crippen molar-refractivity contribution in [1.82, 2.24) is 10.6 Å². The van der Waals surface area contributed by atoms with Gasteiger partial charge in [0.2, 0.25) is 0 Å². The molecule has 3 nitrogen and oxygen atoms in total. The summed E-state index contributed by atoms with van der Waals surface area (Å²) in [6.07, 6.45) is 11.2. The minimum absolute atomic E-state index is 0.209. The van der Waals surface area contributed by atoms with Crippen LogP contribution in [0.2, 0.25) is 0 Å². The quantitative estimate of drug-likeness (QED) is 0.421. The summed E-state index contributed by atoms with van der Waals surface area (Å²) in [5.41, 5.74) is 2.03. The van der Waals surface area contributed by atoms with Crippen LogP contribution in [0, 0.1) is 5.41 Å². The predicted octanol–water partition coefficient (Wildman–Crippen LogP) is 3.96. The van der Waals surface area contributed by atoms with Crippen LogP contribution in [0.5, 0.6) is 0 Å². The Morgan fingerprint density at radius 2 is 2.27 bits per heavy atom. The molecule has 2 fully saturated rings. The summed E-state index contributed by atoms with van der Waals surface area (Å²) in [6.45, 7) is 10.3. The maximum atomic E-state index is 4.23. The van der Waals surface area contributed by atoms with Crippen molar-refractivity contribution in [1.29, 1.82) is 0 Å². The third kappa shape index (κ3) is 4.51. The molecule has 1 unspecified atom stereocenters. The number of allylic oxidation sites excluding steroid dienone is 2. The predicted molar refractivity (Wildman–Crippen MR) is 99.8 cm³/mol. The largest absolute Gasteiger partial charge is 0.388 e. The van der Waals surface area contributed by atoms with Gasteiger partial charge in [0.25, 0.3) is 0 Å². The van der Waals surface area contributed by atoms with Crippen molar-refractivity contribution in [2.24, 2.45) is 10.4 Å². The summed E-state index contributed by atoms with van der Waals surface area (Å²) in [6, 6.07) is 0. The number of hydrogen-bond donors (Lipinski definition) is 2. The van der Waals surface area contributed by atoms with E-state index in [0.29, 0.717) is 5.41 Å². The zero-order valence-electron chi connectivity index (χ0n) is 14.4. The van der Waals surface area contributed by atoms with Crippen LogP contribution in [0.25, 0.3) is 0 Å². The van der Waals surface area contributed by atoms with Crippen molar-refractivity contribution in [2.75, 3.05) is 18.8 Å². The average molecular weight is 324 g/mol. The van der Waals surface area contributed by atoms with Gasteiger partial charge in [0, 0.05) is 22.9 Å². The molecule has 126 valence electrons. The summed E-state index contributed by atoms with van der Waals surface area (Å²) in [5, 5.41) is 8.10. The first kappa shape index (κ1) is 17.9. The van der Waals surface area contributed by atoms with Gasteiger partial charge in [-0.2, -0.15) is 11.8 Å². The molecular weight excluding hydrogens is 290 g/mol. The molecule has 0 aromatic rings. The van der Waals surface area contributed by atoms with E-state index in [-0.39, 0.29) is 6.17 Å². The second kappa shape index (κ2) is 8.97. The lowest BCUT2D eigenvalue weighted by Crippen LogP contribution is -2.28. The fourth-order valence-electron chi connectivity index (χ4n) is 3.35. The number of hydrogen-bond acceptors (Lipinski definition) is 4. The molecule has 0 aromatic carbocycles. The normalized spacial score (nSPS) is 28.3. The number of rotatable bonds is 12. The molecule has 0 amide bonds. The van der Waals surface area contributed by atoms with Crippen molar-refractivity contribution < 1.29 is 0 Å². The van der Waals surface area contributed by atoms with E-state index in [1.54, 1.807) is 0 Å². The number of aliphatic imine (C=N–C) groups is 1. The van der Waals surface area contributed by atoms with E-state index in [2.05, 4.69) is 54.0 Å². The molecule has 1 aliphatic heterocycles. The Hall–Kier alpha value is -0.480. The lowest BCUT2D eigenvalue weighted by Gasteiger charge is -2.20. The Morgan fingerprint density at radius 3 is 2.86 bits per heavy atom. The Balaban J connectivity index is 1.82. The van der Waals surface area contributed by atoms with Gasteiger partial charge in [0.15, 0.2) is 0 Å². The minimum Gasteiger partial charge on any atom is -0.388 e. The average Bonchev–Trinajstić information content (AvgIpc) is 3.10. The van der Waals surface area contributed by atoms with Gasteiger partial charge in [-0.15, -0.1) is 0 Å². The van der Waals surface area contributed by atoms with Crippen molar-refractivity contribution >= 4 is 18.5 Å². The first-order valence-corrected chi connectivity index (χ1v) is 10.1. The Morgan fingerprint density at radius 1 is 1.41 bits per heavy atom. The van der Waals surface area contributed by atoms with Crippen molar-refractivity contribution in [3.05, 3.63) is 11.8 Å². The number of nitrogens with zero attached hydrogens (tertiary/aromatic N) is 1. The van der Waals surface area contributed by atoms with Crippen LogP contribution in [0.4, 0.5) is 0 Å². The molecule has 0 aromatic heterocycles. The van der Waals surface area contributed by atoms with Crippen LogP contribution in [-0.2, 0) is 0 Å². The molecule has 2 N–H and O–H groups in total. The number of unbranched alkanes of at least 4 members (excludes halogenated alkanes) is 1. The van der Waals surface area contributed by atoms with Crippen LogP contribution in [-0.4, -0.2) is 37.0 Å². The van der Waals surface area contributed by atoms with Gasteiger partial charge in [-0.25, -0.2) is 0 Å². The van der Waals surface area contributed by atoms with E-state index >= 15 is 0 Å². The molecule has 2 rings (SSSR count). The van der Waals surface area contributed by atoms with Gasteiger partial charge in [-0.1, -0.05) is 26.3 Å². The highest BCUT2D eigenvalue weighted by Crippen LogP contribution is 2.65. The van der Waals surface area contributed by atoms with Crippen LogP contribution < -0.4 is 10.6 Å². The molecule has 0 bridgehead atoms. The third-order valence-corrected chi connectivity index (χ3v) is 6.35. The lowest BCUT2D eigenvalue weighted by atomic mass is 9.97. The number of fused-ring (bicyclic) bond motifs is 1. The van der Waals surface area contributed by atoms with E-state index < -0.39 is 0 Å². The molecule has 1 heterocycles. The van der Waals surface area contributed by atoms with Gasteiger partial charge in [0.05, 0.1) is 6.17 Å². The first-order valence-electron chi connectivity index (χ1n) is 9.02. The highest BCUT2D eigenvalue weighted by Gasteiger charge is 2.59. The van der Waals surface area contributed by atoms with Crippen LogP contribution in [0.15, 0.2) is 16.8 Å². The summed E-state index contributed by atoms with van der Waals surface area (Å²) in [7, 11) is 0. The summed E-state index contributed by atoms with van der Waals surface area (Å²) in [4.78, 5) is 4.23. The molecule has 3 atom stereocenters. The molecule has 1 saturated carbocycles. The molecular formula is C18H33N3S. The Labute approximate surface area is 140 Å². The van der Waals surface area contributed by atoms with E-state index in [0.717, 1.165) is 31.2 Å². The van der Waals surface area contributed by atoms with E-state index in [1.807, 2.05) is 0 Å². The van der Waals surface area contributed by atoms with E-state index in [9.17, 15) is 0 Å². The fourth-order valence-corrected chi connectivity index (χ4v) is 5.10. The molecule has 1 saturated heterocycles. The number of nitrogens with one attached hydrogen (secondary N) is 2. The standard InChI is InChI=1S/C18H33N3S/c1-4-6-12-21-17(19-3)9-7-8-15(20-11-5-2)18-10-13-22-16(18)14-18/h8,16-17,20-21H,3-7,9-14H2,1-2H3/b15-8-/t16-,17?,18+/m1/s1. The van der Waals surface area contributed by atoms with Gasteiger partial charge >= 0.3 is 0 Å². The van der Waals surface area contributed by atoms with Gasteiger partial charge in [-0.05, 0) is 57.5 Å². The zero-order valence-corrected chi connectivity index (χ0v) is 15.2. The maximum absolute atomic E-state index is 4.23. The SMILES string of the molecule is C=NC(CC/C=C(\NCCC)[C@@]12CCS[C@@H]1C2)NCCCC. The summed E-state index contributed by atoms with van der Waals surface area (Å²) in [5.74, 6) is 1.34. The molecule has 22 heavy (non-hydrogen) atoms. The number of thioether (sulfide) groups is 1. The smallest absolute Gasteiger partial charge is 0.0989 e. The van der Waals surface area contributed by atoms with Gasteiger partial charge in [-0.3, -0.25) is 10.3 Å². The highest BCUT2D eigenvalue weighted by molar-refractivity contribution is 8.00. The van der Waals surface area contributed by atoms with Crippen LogP contribution in [0.1, 0.15) is 58.8 Å². The molecule has 0 radical (unpaired) electrons. The molecule has 4 heteroatoms. The van der Waals surface area contributed by atoms with Crippen molar-refractivity contribution in [3.8, 4) is 0 Å². The summed E-state index contributed by atoms with van der Waals surface area (Å²) < 4.78 is 0. The highest BCUT2D eigenvalue weighted by atomic mass is 32.2. The second-order valence-corrected chi connectivity index (χ2v) is 7.91. The molecule has 0 spiro atoms. The van der Waals surface area contributed by atoms with Gasteiger partial charge in [0.1, 0.15) is 0 Å². The topological polar surface area (TPSA) is 36.4 Å². The summed E-state index contributed by atoms with van der Waals surface area (Å²) >= 11 is 2.17. The Bertz CT molecular complexity index is 383. The third-order valence-electron chi connectivity index (χ3n) is 4.89. The van der Waals surface area contributed by atoms with E-state index in [4.69, 9.17) is 0 Å². The van der Waals surface area contributed by atoms with Crippen LogP contribution >= 0.6 is 11.8 Å². The zero-order chi connectivity index (χ0) is 15.8. The Kier molecular flexibility index (Phi) is 7.29. The minimum atomic E-state index is 0.209. The van der Waals surface area contributed by atoms with E-state index in [1.165, 1.54) is 43.6 Å². The molecule has 2 aliphatic rings. The van der Waals surface area contributed by atoms with Gasteiger partial charge < -0.3 is 5.32 Å². The van der Waals surface area contributed by atoms with Crippen LogP contribution in [0.3, 0.4) is 0 Å². The fraction of sp³-hybridized carbons (Fsp3) is 0.833. The second-order valence-electron chi connectivity index (χ2n) is 6.60.